The van der Waals surface area contributed by atoms with Crippen LogP contribution in [0.25, 0.3) is 0 Å². The number of alkyl halides is 3. The Kier molecular flexibility index (Phi) is 5.44. The number of hydrogen-bond acceptors (Lipinski definition) is 3. The van der Waals surface area contributed by atoms with E-state index in [2.05, 4.69) is 4.74 Å². The molecule has 0 heterocycles. The van der Waals surface area contributed by atoms with E-state index < -0.39 is 42.7 Å². The van der Waals surface area contributed by atoms with E-state index in [4.69, 9.17) is 5.11 Å². The van der Waals surface area contributed by atoms with E-state index in [0.717, 1.165) is 0 Å². The van der Waals surface area contributed by atoms with E-state index in [1.807, 2.05) is 5.32 Å². The number of carboxylic acid groups (broad SMARTS) is 1. The first-order valence-electron chi connectivity index (χ1n) is 5.16. The summed E-state index contributed by atoms with van der Waals surface area (Å²) >= 11 is 0. The van der Waals surface area contributed by atoms with E-state index in [-0.39, 0.29) is 0 Å². The van der Waals surface area contributed by atoms with Gasteiger partial charge in [-0.3, -0.25) is 0 Å². The van der Waals surface area contributed by atoms with E-state index in [1.165, 1.54) is 0 Å². The van der Waals surface area contributed by atoms with Crippen LogP contribution in [0.4, 0.5) is 18.0 Å². The van der Waals surface area contributed by atoms with Crippen LogP contribution in [0, 0.1) is 5.41 Å². The number of carbonyl (C=O) groups is 2. The molecular formula is C10H16F3NO4. The molecule has 0 saturated heterocycles. The van der Waals surface area contributed by atoms with Crippen LogP contribution in [0.2, 0.25) is 0 Å². The van der Waals surface area contributed by atoms with Crippen molar-refractivity contribution in [1.29, 1.82) is 0 Å². The highest BCUT2D eigenvalue weighted by molar-refractivity contribution is 5.80. The molecule has 0 unspecified atom stereocenters. The van der Waals surface area contributed by atoms with Gasteiger partial charge in [-0.1, -0.05) is 20.8 Å². The highest BCUT2D eigenvalue weighted by Crippen LogP contribution is 2.20. The normalized spacial score (nSPS) is 13.9. The zero-order valence-electron chi connectivity index (χ0n) is 10.3. The fourth-order valence-corrected chi connectivity index (χ4v) is 1.07. The fraction of sp³-hybridized carbons (Fsp3) is 0.800. The molecule has 0 aromatic rings. The number of rotatable bonds is 4. The third-order valence-corrected chi connectivity index (χ3v) is 1.99. The van der Waals surface area contributed by atoms with Crippen LogP contribution in [-0.2, 0) is 9.53 Å². The van der Waals surface area contributed by atoms with Crippen molar-refractivity contribution in [2.75, 3.05) is 6.61 Å². The molecule has 5 nitrogen and oxygen atoms in total. The molecule has 0 radical (unpaired) electrons. The van der Waals surface area contributed by atoms with E-state index >= 15 is 0 Å². The van der Waals surface area contributed by atoms with Crippen LogP contribution in [0.1, 0.15) is 27.2 Å². The summed E-state index contributed by atoms with van der Waals surface area (Å²) in [6, 6.07) is -1.24. The minimum absolute atomic E-state index is 0.783. The van der Waals surface area contributed by atoms with Gasteiger partial charge in [-0.15, -0.1) is 0 Å². The number of amides is 1. The molecule has 0 spiro atoms. The number of hydrogen-bond donors (Lipinski definition) is 2. The van der Waals surface area contributed by atoms with E-state index in [0.29, 0.717) is 0 Å². The van der Waals surface area contributed by atoms with Gasteiger partial charge in [0, 0.05) is 0 Å². The number of alkyl carbamates (subject to hydrolysis) is 1. The Bertz CT molecular complexity index is 309. The van der Waals surface area contributed by atoms with Gasteiger partial charge < -0.3 is 15.2 Å². The molecule has 0 saturated carbocycles. The van der Waals surface area contributed by atoms with E-state index in [9.17, 15) is 22.8 Å². The quantitative estimate of drug-likeness (QED) is 0.821. The molecule has 0 fully saturated rings. The minimum Gasteiger partial charge on any atom is -0.480 e. The van der Waals surface area contributed by atoms with Gasteiger partial charge in [0.15, 0.2) is 0 Å². The molecule has 18 heavy (non-hydrogen) atoms. The van der Waals surface area contributed by atoms with Gasteiger partial charge in [0.25, 0.3) is 0 Å². The van der Waals surface area contributed by atoms with Crippen molar-refractivity contribution in [1.82, 2.24) is 5.32 Å². The number of halogens is 3. The average Bonchev–Trinajstić information content (AvgIpc) is 2.09. The van der Waals surface area contributed by atoms with Crippen LogP contribution in [-0.4, -0.2) is 36.0 Å². The van der Waals surface area contributed by atoms with Gasteiger partial charge in [-0.05, 0) is 5.41 Å². The summed E-state index contributed by atoms with van der Waals surface area (Å²) in [5.41, 5.74) is -0.783. The first-order chi connectivity index (χ1) is 7.93. The van der Waals surface area contributed by atoms with Crippen LogP contribution in [0.5, 0.6) is 0 Å². The Morgan fingerprint density at radius 1 is 1.28 bits per heavy atom. The fourth-order valence-electron chi connectivity index (χ4n) is 1.07. The van der Waals surface area contributed by atoms with Crippen LogP contribution >= 0.6 is 0 Å². The predicted octanol–water partition coefficient (Wildman–Crippen LogP) is 2.16. The maximum atomic E-state index is 11.8. The monoisotopic (exact) mass is 271 g/mol. The Balaban J connectivity index is 4.25. The summed E-state index contributed by atoms with van der Waals surface area (Å²) in [7, 11) is 0. The SMILES string of the molecule is CC(C)(C)[C@H](NC(=O)OCCC(F)(F)F)C(=O)O. The third-order valence-electron chi connectivity index (χ3n) is 1.99. The topological polar surface area (TPSA) is 75.6 Å². The molecule has 1 atom stereocenters. The molecule has 1 amide bonds. The van der Waals surface area contributed by atoms with Gasteiger partial charge in [0.2, 0.25) is 0 Å². The lowest BCUT2D eigenvalue weighted by atomic mass is 9.87. The molecule has 0 bridgehead atoms. The van der Waals surface area contributed by atoms with Crippen LogP contribution in [0.15, 0.2) is 0 Å². The molecule has 0 aliphatic heterocycles. The number of nitrogens with one attached hydrogen (secondary N) is 1. The maximum absolute atomic E-state index is 11.8. The van der Waals surface area contributed by atoms with Crippen molar-refractivity contribution in [3.63, 3.8) is 0 Å². The predicted molar refractivity (Wildman–Crippen MR) is 56.0 cm³/mol. The van der Waals surface area contributed by atoms with Crippen LogP contribution < -0.4 is 5.32 Å². The lowest BCUT2D eigenvalue weighted by Crippen LogP contribution is -2.49. The first kappa shape index (κ1) is 16.5. The molecular weight excluding hydrogens is 255 g/mol. The molecule has 0 aliphatic carbocycles. The second-order valence-electron chi connectivity index (χ2n) is 4.78. The second-order valence-corrected chi connectivity index (χ2v) is 4.78. The second kappa shape index (κ2) is 5.92. The summed E-state index contributed by atoms with van der Waals surface area (Å²) in [6.07, 6.45) is -6.87. The van der Waals surface area contributed by atoms with Crippen molar-refractivity contribution >= 4 is 12.1 Å². The Morgan fingerprint density at radius 2 is 1.78 bits per heavy atom. The molecule has 2 N–H and O–H groups in total. The number of ether oxygens (including phenoxy) is 1. The summed E-state index contributed by atoms with van der Waals surface area (Å²) in [6.45, 7) is 3.87. The first-order valence-corrected chi connectivity index (χ1v) is 5.16. The van der Waals surface area contributed by atoms with Gasteiger partial charge in [0.1, 0.15) is 12.6 Å². The van der Waals surface area contributed by atoms with Crippen LogP contribution in [0.3, 0.4) is 0 Å². The molecule has 106 valence electrons. The van der Waals surface area contributed by atoms with Crippen molar-refractivity contribution in [3.05, 3.63) is 0 Å². The van der Waals surface area contributed by atoms with Crippen molar-refractivity contribution in [3.8, 4) is 0 Å². The van der Waals surface area contributed by atoms with Crippen molar-refractivity contribution in [2.45, 2.75) is 39.4 Å². The number of carbonyl (C=O) groups excluding carboxylic acids is 1. The standard InChI is InChI=1S/C10H16F3NO4/c1-9(2,3)6(7(15)16)14-8(17)18-5-4-10(11,12)13/h6H,4-5H2,1-3H3,(H,14,17)(H,15,16)/t6-/m1/s1. The summed E-state index contributed by atoms with van der Waals surface area (Å²) < 4.78 is 39.6. The molecule has 0 rings (SSSR count). The zero-order chi connectivity index (χ0) is 14.6. The Hall–Kier alpha value is -1.47. The molecule has 8 heteroatoms. The van der Waals surface area contributed by atoms with Crippen molar-refractivity contribution < 1.29 is 32.6 Å². The highest BCUT2D eigenvalue weighted by atomic mass is 19.4. The average molecular weight is 271 g/mol. The van der Waals surface area contributed by atoms with E-state index in [1.54, 1.807) is 20.8 Å². The van der Waals surface area contributed by atoms with Gasteiger partial charge in [-0.2, -0.15) is 13.2 Å². The highest BCUT2D eigenvalue weighted by Gasteiger charge is 2.33. The molecule has 0 aromatic carbocycles. The Morgan fingerprint density at radius 3 is 2.11 bits per heavy atom. The van der Waals surface area contributed by atoms with Gasteiger partial charge in [0.05, 0.1) is 6.42 Å². The van der Waals surface area contributed by atoms with Gasteiger partial charge in [-0.25, -0.2) is 9.59 Å². The van der Waals surface area contributed by atoms with Crippen molar-refractivity contribution in [2.24, 2.45) is 5.41 Å². The van der Waals surface area contributed by atoms with Gasteiger partial charge >= 0.3 is 18.2 Å². The number of carboxylic acids is 1. The lowest BCUT2D eigenvalue weighted by molar-refractivity contribution is -0.144. The lowest BCUT2D eigenvalue weighted by Gasteiger charge is -2.27. The summed E-state index contributed by atoms with van der Waals surface area (Å²) in [4.78, 5) is 22.0. The largest absolute Gasteiger partial charge is 0.480 e. The molecule has 0 aromatic heterocycles. The summed E-state index contributed by atoms with van der Waals surface area (Å²) in [5, 5.41) is 10.9. The summed E-state index contributed by atoms with van der Waals surface area (Å²) in [5.74, 6) is -1.28. The maximum Gasteiger partial charge on any atom is 0.407 e. The number of aliphatic carboxylic acids is 1. The molecule has 0 aliphatic rings. The zero-order valence-corrected chi connectivity index (χ0v) is 10.3. The minimum atomic E-state index is -4.42. The smallest absolute Gasteiger partial charge is 0.407 e. The third kappa shape index (κ3) is 6.97. The Labute approximate surface area is 102 Å².